The lowest BCUT2D eigenvalue weighted by Crippen LogP contribution is -2.72. The van der Waals surface area contributed by atoms with Gasteiger partial charge in [-0.05, 0) is 99.2 Å². The monoisotopic (exact) mass is 956 g/mol. The molecular formula is C48H76O19. The number of aliphatic hydroxyl groups is 11. The molecule has 0 amide bonds. The highest BCUT2D eigenvalue weighted by Crippen LogP contribution is 2.77. The number of ketones is 1. The number of carbonyl (C=O) groups excluding carboxylic acids is 2. The number of hydrogen-bond donors (Lipinski definition) is 11. The summed E-state index contributed by atoms with van der Waals surface area (Å²) < 4.78 is 34.6. The minimum absolute atomic E-state index is 0.0328. The third kappa shape index (κ3) is 7.75. The molecule has 8 aliphatic rings. The van der Waals surface area contributed by atoms with Crippen LogP contribution in [0, 0.1) is 56.7 Å². The molecule has 0 radical (unpaired) electrons. The van der Waals surface area contributed by atoms with E-state index in [2.05, 4.69) is 27.4 Å². The molecule has 0 spiro atoms. The maximum atomic E-state index is 15.0. The molecule has 0 aromatic carbocycles. The SMILES string of the molecule is C=C(C)[C@@H]1CC[C@]2(C(=O)O[C@@H]3O[C@H](CO[C@@H]4O[C@H](CO)[C@@H](O[C@@H]5O[C@@H](C)[C@H](O)[C@@H](O)[C@H]5O)[C@H](O)[C@H]4O)[C@@H](O)[C@H](O)[C@H]3O)CC[C@]3(C)[C@H](C[C@@H](O)[C@H]4[C@@]5(C)[C@H](O)CC(=O)C(C)(C)[C@H]5CC[C@]43C)[C@@H]12. The lowest BCUT2D eigenvalue weighted by molar-refractivity contribution is -0.361. The Morgan fingerprint density at radius 2 is 1.36 bits per heavy atom. The quantitative estimate of drug-likeness (QED) is 0.0993. The summed E-state index contributed by atoms with van der Waals surface area (Å²) in [4.78, 5) is 28.3. The molecule has 19 nitrogen and oxygen atoms in total. The van der Waals surface area contributed by atoms with Gasteiger partial charge < -0.3 is 84.6 Å². The highest BCUT2D eigenvalue weighted by Gasteiger charge is 2.75. The number of esters is 1. The lowest BCUT2D eigenvalue weighted by Gasteiger charge is -2.73. The maximum absolute atomic E-state index is 15.0. The van der Waals surface area contributed by atoms with Crippen molar-refractivity contribution >= 4 is 11.8 Å². The minimum Gasteiger partial charge on any atom is -0.432 e. The molecule has 19 heteroatoms. The first-order valence-electron chi connectivity index (χ1n) is 24.3. The van der Waals surface area contributed by atoms with Gasteiger partial charge in [-0.2, -0.15) is 0 Å². The van der Waals surface area contributed by atoms with Crippen molar-refractivity contribution in [3.05, 3.63) is 12.2 Å². The van der Waals surface area contributed by atoms with Gasteiger partial charge in [0.15, 0.2) is 12.6 Å². The second-order valence-corrected chi connectivity index (χ2v) is 23.0. The fourth-order valence-corrected chi connectivity index (χ4v) is 15.5. The summed E-state index contributed by atoms with van der Waals surface area (Å²) in [7, 11) is 0. The maximum Gasteiger partial charge on any atom is 0.314 e. The van der Waals surface area contributed by atoms with Crippen LogP contribution < -0.4 is 0 Å². The Bertz CT molecular complexity index is 1870. The molecule has 3 aliphatic heterocycles. The number of rotatable bonds is 9. The summed E-state index contributed by atoms with van der Waals surface area (Å²) in [5.41, 5.74) is -2.52. The Hall–Kier alpha value is -1.76. The van der Waals surface area contributed by atoms with Crippen molar-refractivity contribution in [3.8, 4) is 0 Å². The Labute approximate surface area is 391 Å². The molecule has 8 fully saturated rings. The molecule has 0 aromatic rings. The zero-order valence-electron chi connectivity index (χ0n) is 39.7. The van der Waals surface area contributed by atoms with Crippen LogP contribution in [0.25, 0.3) is 0 Å². The Morgan fingerprint density at radius 1 is 0.731 bits per heavy atom. The number of fused-ring (bicyclic) bond motifs is 7. The lowest BCUT2D eigenvalue weighted by atomic mass is 9.31. The van der Waals surface area contributed by atoms with Crippen LogP contribution in [0.15, 0.2) is 12.2 Å². The molecule has 5 aliphatic carbocycles. The van der Waals surface area contributed by atoms with E-state index in [0.29, 0.717) is 38.5 Å². The van der Waals surface area contributed by atoms with Gasteiger partial charge >= 0.3 is 5.97 Å². The second-order valence-electron chi connectivity index (χ2n) is 23.0. The highest BCUT2D eigenvalue weighted by molar-refractivity contribution is 5.86. The van der Waals surface area contributed by atoms with Crippen molar-refractivity contribution in [1.82, 2.24) is 0 Å². The van der Waals surface area contributed by atoms with Gasteiger partial charge in [0.05, 0.1) is 36.9 Å². The van der Waals surface area contributed by atoms with E-state index in [-0.39, 0.29) is 41.8 Å². The first kappa shape index (κ1) is 51.6. The molecule has 11 N–H and O–H groups in total. The highest BCUT2D eigenvalue weighted by atomic mass is 16.8. The zero-order valence-corrected chi connectivity index (χ0v) is 39.7. The average molecular weight is 957 g/mol. The van der Waals surface area contributed by atoms with Crippen molar-refractivity contribution in [2.75, 3.05) is 13.2 Å². The summed E-state index contributed by atoms with van der Waals surface area (Å²) in [6, 6.07) is 0. The van der Waals surface area contributed by atoms with Crippen molar-refractivity contribution < 1.29 is 94.2 Å². The van der Waals surface area contributed by atoms with Crippen LogP contribution in [0.2, 0.25) is 0 Å². The Kier molecular flexibility index (Phi) is 13.9. The summed E-state index contributed by atoms with van der Waals surface area (Å²) in [6.45, 7) is 16.8. The molecular weight excluding hydrogens is 881 g/mol. The third-order valence-corrected chi connectivity index (χ3v) is 19.5. The van der Waals surface area contributed by atoms with Crippen molar-refractivity contribution in [2.24, 2.45) is 56.7 Å². The van der Waals surface area contributed by atoms with Gasteiger partial charge in [0.25, 0.3) is 0 Å². The van der Waals surface area contributed by atoms with Gasteiger partial charge in [-0.3, -0.25) is 9.59 Å². The van der Waals surface area contributed by atoms with Gasteiger partial charge in [-0.25, -0.2) is 0 Å². The largest absolute Gasteiger partial charge is 0.432 e. The number of hydrogen-bond acceptors (Lipinski definition) is 19. The molecule has 0 bridgehead atoms. The van der Waals surface area contributed by atoms with E-state index in [0.717, 1.165) is 12.0 Å². The summed E-state index contributed by atoms with van der Waals surface area (Å²) >= 11 is 0. The predicted octanol–water partition coefficient (Wildman–Crippen LogP) is -0.826. The molecule has 0 aromatic heterocycles. The van der Waals surface area contributed by atoms with Crippen LogP contribution in [0.1, 0.15) is 99.8 Å². The van der Waals surface area contributed by atoms with Crippen LogP contribution in [0.5, 0.6) is 0 Å². The van der Waals surface area contributed by atoms with Crippen molar-refractivity contribution in [3.63, 3.8) is 0 Å². The van der Waals surface area contributed by atoms with E-state index >= 15 is 0 Å². The average Bonchev–Trinajstić information content (AvgIpc) is 3.68. The minimum atomic E-state index is -1.89. The molecule has 382 valence electrons. The predicted molar refractivity (Wildman–Crippen MR) is 230 cm³/mol. The molecule has 3 saturated heterocycles. The smallest absolute Gasteiger partial charge is 0.314 e. The second kappa shape index (κ2) is 18.1. The molecule has 8 rings (SSSR count). The van der Waals surface area contributed by atoms with Crippen LogP contribution in [-0.2, 0) is 38.0 Å². The van der Waals surface area contributed by atoms with Crippen LogP contribution in [0.3, 0.4) is 0 Å². The molecule has 5 saturated carbocycles. The molecule has 0 unspecified atom stereocenters. The normalized spacial score (nSPS) is 55.1. The number of allylic oxidation sites excluding steroid dienone is 1. The van der Waals surface area contributed by atoms with Gasteiger partial charge in [0, 0.05) is 17.3 Å². The fourth-order valence-electron chi connectivity index (χ4n) is 15.5. The summed E-state index contributed by atoms with van der Waals surface area (Å²) in [6.07, 6.45) is -22.5. The topological polar surface area (TPSA) is 312 Å². The Morgan fingerprint density at radius 3 is 2.01 bits per heavy atom. The number of aliphatic hydroxyl groups excluding tert-OH is 11. The van der Waals surface area contributed by atoms with Crippen molar-refractivity contribution in [2.45, 2.75) is 204 Å². The summed E-state index contributed by atoms with van der Waals surface area (Å²) in [5, 5.41) is 121. The molecule has 67 heavy (non-hydrogen) atoms. The fraction of sp³-hybridized carbons (Fsp3) is 0.917. The van der Waals surface area contributed by atoms with Gasteiger partial charge in [0.1, 0.15) is 72.9 Å². The number of ether oxygens (including phenoxy) is 6. The van der Waals surface area contributed by atoms with Crippen LogP contribution >= 0.6 is 0 Å². The van der Waals surface area contributed by atoms with E-state index in [1.807, 2.05) is 20.8 Å². The van der Waals surface area contributed by atoms with E-state index in [4.69, 9.17) is 28.4 Å². The van der Waals surface area contributed by atoms with Gasteiger partial charge in [-0.15, -0.1) is 0 Å². The first-order chi connectivity index (χ1) is 31.2. The number of Topliss-reactive ketones (excluding diaryl/α,β-unsaturated/α-hetero) is 1. The van der Waals surface area contributed by atoms with Gasteiger partial charge in [0.2, 0.25) is 6.29 Å². The first-order valence-corrected chi connectivity index (χ1v) is 24.3. The third-order valence-electron chi connectivity index (χ3n) is 19.5. The Balaban J connectivity index is 0.983. The van der Waals surface area contributed by atoms with E-state index in [1.54, 1.807) is 0 Å². The van der Waals surface area contributed by atoms with E-state index < -0.39 is 151 Å². The van der Waals surface area contributed by atoms with Gasteiger partial charge in [-0.1, -0.05) is 46.8 Å². The molecule has 3 heterocycles. The van der Waals surface area contributed by atoms with Crippen LogP contribution in [0.4, 0.5) is 0 Å². The molecule has 26 atom stereocenters. The van der Waals surface area contributed by atoms with Crippen molar-refractivity contribution in [1.29, 1.82) is 0 Å². The number of carbonyl (C=O) groups is 2. The standard InChI is InChI=1S/C48H76O19/c1-19(2)21-9-12-48(14-13-45(6)22(29(21)48)15-23(50)39-46(45,7)11-10-26-44(4,5)27(51)16-28(52)47(26,39)8)43(61)67-42-36(59)33(56)31(54)25(65-42)18-62-40-37(60)34(57)38(24(17-49)64-40)66-41-35(58)32(55)30(53)20(3)63-41/h20-26,28-42,49-50,52-60H,1,9-18H2,2-8H3/t20-,21-,22+,23+,24+,25+,26+,28+,29+,30-,31+,32+,33-,34+,35+,36+,37+,38+,39+,40+,41-,42-,45+,46+,47+,48-/m0/s1. The van der Waals surface area contributed by atoms with E-state index in [9.17, 15) is 65.8 Å². The van der Waals surface area contributed by atoms with Crippen LogP contribution in [-0.4, -0.2) is 185 Å². The summed E-state index contributed by atoms with van der Waals surface area (Å²) in [5.74, 6) is -1.73. The zero-order chi connectivity index (χ0) is 49.2. The van der Waals surface area contributed by atoms with E-state index in [1.165, 1.54) is 6.92 Å².